The van der Waals surface area contributed by atoms with Crippen molar-refractivity contribution in [1.29, 1.82) is 0 Å². The Morgan fingerprint density at radius 2 is 1.92 bits per heavy atom. The van der Waals surface area contributed by atoms with E-state index in [4.69, 9.17) is 0 Å². The van der Waals surface area contributed by atoms with Crippen LogP contribution in [-0.4, -0.2) is 88.0 Å². The lowest BCUT2D eigenvalue weighted by Gasteiger charge is -2.39. The second-order valence-electron chi connectivity index (χ2n) is 6.81. The van der Waals surface area contributed by atoms with Crippen LogP contribution in [0.3, 0.4) is 0 Å². The Balaban J connectivity index is 0.00000625. The van der Waals surface area contributed by atoms with Crippen molar-refractivity contribution < 1.29 is 16.8 Å². The van der Waals surface area contributed by atoms with Crippen LogP contribution in [0.15, 0.2) is 4.99 Å². The van der Waals surface area contributed by atoms with E-state index in [1.807, 2.05) is 11.8 Å². The number of nitrogens with one attached hydrogen (secondary N) is 1. The maximum atomic E-state index is 12.1. The summed E-state index contributed by atoms with van der Waals surface area (Å²) in [4.78, 5) is 6.51. The highest BCUT2D eigenvalue weighted by Crippen LogP contribution is 2.23. The molecule has 156 valence electrons. The predicted molar refractivity (Wildman–Crippen MR) is 118 cm³/mol. The Morgan fingerprint density at radius 3 is 2.42 bits per heavy atom. The summed E-state index contributed by atoms with van der Waals surface area (Å²) in [6.07, 6.45) is 0.611. The van der Waals surface area contributed by atoms with Crippen LogP contribution < -0.4 is 5.32 Å². The smallest absolute Gasteiger partial charge is 0.213 e. The zero-order valence-electron chi connectivity index (χ0n) is 16.4. The molecule has 0 aromatic rings. The highest BCUT2D eigenvalue weighted by molar-refractivity contribution is 14.0. The minimum atomic E-state index is -3.17. The molecule has 26 heavy (non-hydrogen) atoms. The summed E-state index contributed by atoms with van der Waals surface area (Å²) in [5.41, 5.74) is 0. The molecule has 0 saturated carbocycles. The number of halogens is 1. The summed E-state index contributed by atoms with van der Waals surface area (Å²) in [5, 5.41) is 3.20. The van der Waals surface area contributed by atoms with Crippen LogP contribution in [-0.2, 0) is 19.9 Å². The zero-order valence-corrected chi connectivity index (χ0v) is 20.3. The van der Waals surface area contributed by atoms with Crippen molar-refractivity contribution in [2.24, 2.45) is 4.99 Å². The van der Waals surface area contributed by atoms with Gasteiger partial charge >= 0.3 is 0 Å². The molecular weight excluding hydrogens is 491 g/mol. The van der Waals surface area contributed by atoms with Gasteiger partial charge in [0.05, 0.1) is 16.3 Å². The molecule has 0 amide bonds. The van der Waals surface area contributed by atoms with Crippen LogP contribution in [0.1, 0.15) is 34.1 Å². The summed E-state index contributed by atoms with van der Waals surface area (Å²) < 4.78 is 48.3. The molecule has 1 aliphatic heterocycles. The average Bonchev–Trinajstić information content (AvgIpc) is 2.52. The molecule has 1 saturated heterocycles. The third-order valence-corrected chi connectivity index (χ3v) is 8.81. The highest BCUT2D eigenvalue weighted by atomic mass is 127. The van der Waals surface area contributed by atoms with Gasteiger partial charge in [-0.25, -0.2) is 21.1 Å². The molecule has 0 aliphatic carbocycles. The van der Waals surface area contributed by atoms with Crippen LogP contribution in [0, 0.1) is 0 Å². The van der Waals surface area contributed by atoms with E-state index in [-0.39, 0.29) is 35.5 Å². The number of nitrogens with zero attached hydrogens (tertiary/aromatic N) is 3. The van der Waals surface area contributed by atoms with Gasteiger partial charge in [0, 0.05) is 39.8 Å². The second-order valence-corrected chi connectivity index (χ2v) is 11.9. The molecule has 1 rings (SSSR count). The summed E-state index contributed by atoms with van der Waals surface area (Å²) in [6.45, 7) is 9.46. The van der Waals surface area contributed by atoms with E-state index in [9.17, 15) is 16.8 Å². The quantitative estimate of drug-likeness (QED) is 0.229. The molecule has 1 N–H and O–H groups in total. The average molecular weight is 524 g/mol. The number of sulfonamides is 1. The number of hydrogen-bond donors (Lipinski definition) is 1. The first-order valence-corrected chi connectivity index (χ1v) is 11.9. The van der Waals surface area contributed by atoms with Crippen LogP contribution >= 0.6 is 24.0 Å². The van der Waals surface area contributed by atoms with E-state index >= 15 is 0 Å². The monoisotopic (exact) mass is 524 g/mol. The van der Waals surface area contributed by atoms with Gasteiger partial charge in [0.2, 0.25) is 10.0 Å². The number of sulfone groups is 1. The molecule has 0 aromatic heterocycles. The molecule has 0 radical (unpaired) electrons. The lowest BCUT2D eigenvalue weighted by Crippen LogP contribution is -2.57. The van der Waals surface area contributed by atoms with Gasteiger partial charge in [-0.05, 0) is 34.1 Å². The summed E-state index contributed by atoms with van der Waals surface area (Å²) in [7, 11) is -4.69. The summed E-state index contributed by atoms with van der Waals surface area (Å²) in [6, 6.07) is 0. The predicted octanol–water partition coefficient (Wildman–Crippen LogP) is 0.751. The van der Waals surface area contributed by atoms with Gasteiger partial charge in [0.15, 0.2) is 15.8 Å². The van der Waals surface area contributed by atoms with Crippen LogP contribution in [0.4, 0.5) is 0 Å². The minimum absolute atomic E-state index is 0. The molecule has 1 aliphatic rings. The first-order valence-electron chi connectivity index (χ1n) is 8.66. The molecule has 1 fully saturated rings. The normalized spacial score (nSPS) is 19.9. The molecule has 0 unspecified atom stereocenters. The van der Waals surface area contributed by atoms with E-state index in [2.05, 4.69) is 10.3 Å². The molecule has 0 atom stereocenters. The van der Waals surface area contributed by atoms with Gasteiger partial charge in [-0.1, -0.05) is 0 Å². The number of guanidine groups is 1. The van der Waals surface area contributed by atoms with Crippen molar-refractivity contribution in [2.45, 2.75) is 38.9 Å². The maximum Gasteiger partial charge on any atom is 0.213 e. The Morgan fingerprint density at radius 1 is 1.31 bits per heavy atom. The highest BCUT2D eigenvalue weighted by Gasteiger charge is 2.40. The maximum absolute atomic E-state index is 12.1. The van der Waals surface area contributed by atoms with Crippen LogP contribution in [0.5, 0.6) is 0 Å². The van der Waals surface area contributed by atoms with Gasteiger partial charge in [-0.15, -0.1) is 24.0 Å². The molecule has 8 nitrogen and oxygen atoms in total. The van der Waals surface area contributed by atoms with Crippen molar-refractivity contribution in [3.63, 3.8) is 0 Å². The first-order chi connectivity index (χ1) is 11.5. The fraction of sp³-hybridized carbons (Fsp3) is 0.933. The summed E-state index contributed by atoms with van der Waals surface area (Å²) >= 11 is 0. The van der Waals surface area contributed by atoms with Crippen molar-refractivity contribution >= 4 is 49.8 Å². The fourth-order valence-corrected chi connectivity index (χ4v) is 4.80. The Kier molecular flexibility index (Phi) is 10.4. The van der Waals surface area contributed by atoms with Crippen LogP contribution in [0.25, 0.3) is 0 Å². The largest absolute Gasteiger partial charge is 0.357 e. The van der Waals surface area contributed by atoms with Gasteiger partial charge in [-0.3, -0.25) is 4.99 Å². The lowest BCUT2D eigenvalue weighted by atomic mass is 10.2. The van der Waals surface area contributed by atoms with E-state index in [1.54, 1.807) is 27.8 Å². The summed E-state index contributed by atoms with van der Waals surface area (Å²) in [5.74, 6) is 0.890. The van der Waals surface area contributed by atoms with Crippen molar-refractivity contribution in [1.82, 2.24) is 14.5 Å². The second kappa shape index (κ2) is 10.4. The van der Waals surface area contributed by atoms with Crippen molar-refractivity contribution in [3.8, 4) is 0 Å². The van der Waals surface area contributed by atoms with Gasteiger partial charge in [0.1, 0.15) is 0 Å². The molecule has 1 heterocycles. The number of rotatable bonds is 7. The molecule has 11 heteroatoms. The zero-order chi connectivity index (χ0) is 19.3. The lowest BCUT2D eigenvalue weighted by molar-refractivity contribution is 0.353. The fourth-order valence-electron chi connectivity index (χ4n) is 2.59. The minimum Gasteiger partial charge on any atom is -0.357 e. The number of aliphatic imine (C=N–C) groups is 1. The van der Waals surface area contributed by atoms with Crippen molar-refractivity contribution in [2.75, 3.05) is 51.3 Å². The van der Waals surface area contributed by atoms with E-state index < -0.39 is 24.6 Å². The van der Waals surface area contributed by atoms with E-state index in [0.717, 1.165) is 0 Å². The molecular formula is C15H33IN4O4S2. The van der Waals surface area contributed by atoms with Crippen LogP contribution in [0.2, 0.25) is 0 Å². The number of hydrogen-bond acceptors (Lipinski definition) is 5. The molecule has 0 bridgehead atoms. The third kappa shape index (κ3) is 6.79. The Labute approximate surface area is 175 Å². The Hall–Kier alpha value is -0.140. The topological polar surface area (TPSA) is 99.2 Å². The standard InChI is InChI=1S/C15H32N4O4S2.HI/c1-6-16-14(17-9-8-10-18(5)25(22,23)7-2)19-11-12-24(20,21)15(3,4)13-19;/h6-13H2,1-5H3,(H,16,17);1H. The molecule has 0 aromatic carbocycles. The van der Waals surface area contributed by atoms with Gasteiger partial charge in [0.25, 0.3) is 0 Å². The van der Waals surface area contributed by atoms with Gasteiger partial charge < -0.3 is 10.2 Å². The van der Waals surface area contributed by atoms with E-state index in [0.29, 0.717) is 45.1 Å². The first kappa shape index (κ1) is 25.9. The third-order valence-electron chi connectivity index (χ3n) is 4.41. The van der Waals surface area contributed by atoms with Crippen molar-refractivity contribution in [3.05, 3.63) is 0 Å². The Bertz CT molecular complexity index is 678. The van der Waals surface area contributed by atoms with Gasteiger partial charge in [-0.2, -0.15) is 0 Å². The SMILES string of the molecule is CCNC(=NCCCN(C)S(=O)(=O)CC)N1CCS(=O)(=O)C(C)(C)C1.I. The molecule has 0 spiro atoms. The van der Waals surface area contributed by atoms with E-state index in [1.165, 1.54) is 4.31 Å².